The van der Waals surface area contributed by atoms with Gasteiger partial charge in [-0.3, -0.25) is 0 Å². The van der Waals surface area contributed by atoms with Crippen molar-refractivity contribution in [2.75, 3.05) is 0 Å². The molecule has 0 spiro atoms. The maximum Gasteiger partial charge on any atom is 0.0739 e. The molecule has 100 valence electrons. The normalized spacial score (nSPS) is 27.2. The van der Waals surface area contributed by atoms with Crippen LogP contribution in [0.1, 0.15) is 45.1 Å². The SMILES string of the molecule is CC1(C)CCCCC1(O)Cc1ccc(Br)cc1Cl. The summed E-state index contributed by atoms with van der Waals surface area (Å²) in [7, 11) is 0. The maximum atomic E-state index is 11.0. The van der Waals surface area contributed by atoms with Crippen LogP contribution in [0.15, 0.2) is 22.7 Å². The van der Waals surface area contributed by atoms with Crippen molar-refractivity contribution >= 4 is 27.5 Å². The largest absolute Gasteiger partial charge is 0.389 e. The van der Waals surface area contributed by atoms with Gasteiger partial charge in [0.15, 0.2) is 0 Å². The van der Waals surface area contributed by atoms with Gasteiger partial charge in [-0.2, -0.15) is 0 Å². The molecule has 1 aromatic rings. The third kappa shape index (κ3) is 2.76. The number of hydrogen-bond acceptors (Lipinski definition) is 1. The van der Waals surface area contributed by atoms with Gasteiger partial charge in [-0.1, -0.05) is 60.3 Å². The van der Waals surface area contributed by atoms with E-state index in [9.17, 15) is 5.11 Å². The average molecular weight is 332 g/mol. The Hall–Kier alpha value is -0.0500. The molecule has 3 heteroatoms. The molecule has 0 heterocycles. The Labute approximate surface area is 123 Å². The van der Waals surface area contributed by atoms with Crippen LogP contribution in [0.5, 0.6) is 0 Å². The summed E-state index contributed by atoms with van der Waals surface area (Å²) in [5.41, 5.74) is 0.363. The molecule has 1 nitrogen and oxygen atoms in total. The van der Waals surface area contributed by atoms with E-state index >= 15 is 0 Å². The molecule has 1 N–H and O–H groups in total. The topological polar surface area (TPSA) is 20.2 Å². The molecular weight excluding hydrogens is 312 g/mol. The van der Waals surface area contributed by atoms with E-state index in [2.05, 4.69) is 29.8 Å². The third-order valence-corrected chi connectivity index (χ3v) is 5.25. The molecular formula is C15H20BrClO. The summed E-state index contributed by atoms with van der Waals surface area (Å²) in [5.74, 6) is 0. The molecule has 0 amide bonds. The second-order valence-corrected chi connectivity index (χ2v) is 7.36. The van der Waals surface area contributed by atoms with Gasteiger partial charge in [0, 0.05) is 15.9 Å². The molecule has 18 heavy (non-hydrogen) atoms. The highest BCUT2D eigenvalue weighted by Gasteiger charge is 2.45. The van der Waals surface area contributed by atoms with Gasteiger partial charge in [0.2, 0.25) is 0 Å². The second-order valence-electron chi connectivity index (χ2n) is 6.04. The fourth-order valence-electron chi connectivity index (χ4n) is 2.86. The van der Waals surface area contributed by atoms with Crippen molar-refractivity contribution in [2.45, 2.75) is 51.6 Å². The maximum absolute atomic E-state index is 11.0. The van der Waals surface area contributed by atoms with E-state index < -0.39 is 5.60 Å². The minimum atomic E-state index is -0.636. The lowest BCUT2D eigenvalue weighted by atomic mass is 9.63. The van der Waals surface area contributed by atoms with E-state index in [1.807, 2.05) is 18.2 Å². The van der Waals surface area contributed by atoms with E-state index in [1.165, 1.54) is 6.42 Å². The molecule has 0 aromatic heterocycles. The summed E-state index contributed by atoms with van der Waals surface area (Å²) >= 11 is 9.67. The Balaban J connectivity index is 2.26. The van der Waals surface area contributed by atoms with Crippen molar-refractivity contribution in [3.63, 3.8) is 0 Å². The summed E-state index contributed by atoms with van der Waals surface area (Å²) in [6.07, 6.45) is 4.91. The van der Waals surface area contributed by atoms with Crippen molar-refractivity contribution in [1.82, 2.24) is 0 Å². The first-order valence-corrected chi connectivity index (χ1v) is 7.67. The monoisotopic (exact) mass is 330 g/mol. The number of rotatable bonds is 2. The molecule has 1 aliphatic rings. The van der Waals surface area contributed by atoms with Gasteiger partial charge < -0.3 is 5.11 Å². The third-order valence-electron chi connectivity index (χ3n) is 4.40. The first-order valence-electron chi connectivity index (χ1n) is 6.50. The summed E-state index contributed by atoms with van der Waals surface area (Å²) in [4.78, 5) is 0. The van der Waals surface area contributed by atoms with E-state index in [0.29, 0.717) is 6.42 Å². The second kappa shape index (κ2) is 5.15. The molecule has 0 radical (unpaired) electrons. The van der Waals surface area contributed by atoms with Gasteiger partial charge in [0.1, 0.15) is 0 Å². The first-order chi connectivity index (χ1) is 8.34. The van der Waals surface area contributed by atoms with Crippen LogP contribution in [0.3, 0.4) is 0 Å². The molecule has 0 saturated heterocycles. The van der Waals surface area contributed by atoms with Gasteiger partial charge in [-0.25, -0.2) is 0 Å². The van der Waals surface area contributed by atoms with Crippen LogP contribution >= 0.6 is 27.5 Å². The Bertz CT molecular complexity index is 444. The summed E-state index contributed by atoms with van der Waals surface area (Å²) in [5, 5.41) is 11.7. The highest BCUT2D eigenvalue weighted by molar-refractivity contribution is 9.10. The summed E-state index contributed by atoms with van der Waals surface area (Å²) in [6.45, 7) is 4.33. The van der Waals surface area contributed by atoms with Crippen LogP contribution in [-0.4, -0.2) is 10.7 Å². The standard InChI is InChI=1S/C15H20BrClO/c1-14(2)7-3-4-8-15(14,18)10-11-5-6-12(16)9-13(11)17/h5-6,9,18H,3-4,7-8,10H2,1-2H3. The highest BCUT2D eigenvalue weighted by Crippen LogP contribution is 2.46. The lowest BCUT2D eigenvalue weighted by Gasteiger charge is -2.47. The number of aliphatic hydroxyl groups is 1. The number of halogens is 2. The van der Waals surface area contributed by atoms with Gasteiger partial charge >= 0.3 is 0 Å². The summed E-state index contributed by atoms with van der Waals surface area (Å²) in [6, 6.07) is 5.89. The van der Waals surface area contributed by atoms with Crippen molar-refractivity contribution in [2.24, 2.45) is 5.41 Å². The molecule has 1 fully saturated rings. The Morgan fingerprint density at radius 3 is 2.56 bits per heavy atom. The van der Waals surface area contributed by atoms with E-state index in [1.54, 1.807) is 0 Å². The van der Waals surface area contributed by atoms with Crippen molar-refractivity contribution in [1.29, 1.82) is 0 Å². The zero-order chi connectivity index (χ0) is 13.4. The van der Waals surface area contributed by atoms with Crippen LogP contribution < -0.4 is 0 Å². The van der Waals surface area contributed by atoms with Gasteiger partial charge in [-0.15, -0.1) is 0 Å². The highest BCUT2D eigenvalue weighted by atomic mass is 79.9. The van der Waals surface area contributed by atoms with Crippen molar-refractivity contribution in [3.05, 3.63) is 33.3 Å². The number of benzene rings is 1. The summed E-state index contributed by atoms with van der Waals surface area (Å²) < 4.78 is 0.978. The molecule has 1 aliphatic carbocycles. The fraction of sp³-hybridized carbons (Fsp3) is 0.600. The molecule has 2 rings (SSSR count). The Kier molecular flexibility index (Phi) is 4.10. The molecule has 0 bridgehead atoms. The predicted molar refractivity (Wildman–Crippen MR) is 80.1 cm³/mol. The molecule has 1 aromatic carbocycles. The van der Waals surface area contributed by atoms with Crippen LogP contribution in [-0.2, 0) is 6.42 Å². The first kappa shape index (κ1) is 14.4. The zero-order valence-electron chi connectivity index (χ0n) is 11.0. The molecule has 0 aliphatic heterocycles. The minimum absolute atomic E-state index is 0.0400. The lowest BCUT2D eigenvalue weighted by molar-refractivity contribution is -0.0958. The van der Waals surface area contributed by atoms with Crippen LogP contribution in [0.4, 0.5) is 0 Å². The Morgan fingerprint density at radius 2 is 1.94 bits per heavy atom. The smallest absolute Gasteiger partial charge is 0.0739 e. The quantitative estimate of drug-likeness (QED) is 0.810. The van der Waals surface area contributed by atoms with E-state index in [-0.39, 0.29) is 5.41 Å². The molecule has 1 unspecified atom stereocenters. The molecule has 1 atom stereocenters. The number of hydrogen-bond donors (Lipinski definition) is 1. The zero-order valence-corrected chi connectivity index (χ0v) is 13.3. The predicted octanol–water partition coefficient (Wildman–Crippen LogP) is 4.98. The minimum Gasteiger partial charge on any atom is -0.389 e. The lowest BCUT2D eigenvalue weighted by Crippen LogP contribution is -2.48. The van der Waals surface area contributed by atoms with Crippen LogP contribution in [0, 0.1) is 5.41 Å². The average Bonchev–Trinajstić information content (AvgIpc) is 2.27. The Morgan fingerprint density at radius 1 is 1.28 bits per heavy atom. The van der Waals surface area contributed by atoms with Crippen molar-refractivity contribution < 1.29 is 5.11 Å². The molecule has 1 saturated carbocycles. The van der Waals surface area contributed by atoms with Crippen molar-refractivity contribution in [3.8, 4) is 0 Å². The van der Waals surface area contributed by atoms with Gasteiger partial charge in [-0.05, 0) is 36.0 Å². The van der Waals surface area contributed by atoms with Crippen LogP contribution in [0.2, 0.25) is 5.02 Å². The van der Waals surface area contributed by atoms with E-state index in [0.717, 1.165) is 34.3 Å². The fourth-order valence-corrected chi connectivity index (χ4v) is 3.60. The van der Waals surface area contributed by atoms with E-state index in [4.69, 9.17) is 11.6 Å². The van der Waals surface area contributed by atoms with Crippen LogP contribution in [0.25, 0.3) is 0 Å². The van der Waals surface area contributed by atoms with Gasteiger partial charge in [0.25, 0.3) is 0 Å². The van der Waals surface area contributed by atoms with Gasteiger partial charge in [0.05, 0.1) is 5.60 Å².